The van der Waals surface area contributed by atoms with Crippen LogP contribution in [-0.2, 0) is 11.2 Å². The third kappa shape index (κ3) is 7.63. The first-order valence-electron chi connectivity index (χ1n) is 8.36. The van der Waals surface area contributed by atoms with Crippen molar-refractivity contribution in [3.63, 3.8) is 0 Å². The van der Waals surface area contributed by atoms with E-state index in [0.717, 1.165) is 32.6 Å². The average molecular weight is 291 g/mol. The third-order valence-electron chi connectivity index (χ3n) is 3.65. The van der Waals surface area contributed by atoms with Crippen molar-refractivity contribution < 1.29 is 4.74 Å². The molecule has 0 aromatic heterocycles. The quantitative estimate of drug-likeness (QED) is 0.663. The smallest absolute Gasteiger partial charge is 0.0661 e. The monoisotopic (exact) mass is 291 g/mol. The van der Waals surface area contributed by atoms with Crippen LogP contribution in [0.4, 0.5) is 0 Å². The maximum Gasteiger partial charge on any atom is 0.0661 e. The summed E-state index contributed by atoms with van der Waals surface area (Å²) < 4.78 is 5.89. The predicted octanol–water partition coefficient (Wildman–Crippen LogP) is 4.74. The van der Waals surface area contributed by atoms with Gasteiger partial charge in [0.05, 0.1) is 12.6 Å². The molecule has 0 heterocycles. The number of aryl methyl sites for hydroxylation is 1. The molecule has 120 valence electrons. The lowest BCUT2D eigenvalue weighted by Crippen LogP contribution is -2.26. The molecule has 0 radical (unpaired) electrons. The molecule has 0 fully saturated rings. The Bertz CT molecular complexity index is 378. The summed E-state index contributed by atoms with van der Waals surface area (Å²) in [5.74, 6) is 0. The zero-order chi connectivity index (χ0) is 15.7. The Kier molecular flexibility index (Phi) is 7.98. The molecule has 1 aromatic carbocycles. The van der Waals surface area contributed by atoms with Gasteiger partial charge in [0, 0.05) is 6.61 Å². The molecule has 0 aliphatic carbocycles. The zero-order valence-corrected chi connectivity index (χ0v) is 14.5. The molecule has 1 unspecified atom stereocenters. The van der Waals surface area contributed by atoms with Crippen molar-refractivity contribution >= 4 is 0 Å². The van der Waals surface area contributed by atoms with Crippen LogP contribution in [0.3, 0.4) is 0 Å². The van der Waals surface area contributed by atoms with Gasteiger partial charge in [-0.2, -0.15) is 0 Å². The molecule has 21 heavy (non-hydrogen) atoms. The van der Waals surface area contributed by atoms with E-state index in [-0.39, 0.29) is 0 Å². The Morgan fingerprint density at radius 2 is 1.76 bits per heavy atom. The number of rotatable bonds is 9. The molecular weight excluding hydrogens is 258 g/mol. The van der Waals surface area contributed by atoms with Crippen LogP contribution >= 0.6 is 0 Å². The fourth-order valence-corrected chi connectivity index (χ4v) is 2.30. The second-order valence-corrected chi connectivity index (χ2v) is 6.99. The largest absolute Gasteiger partial charge is 0.379 e. The first kappa shape index (κ1) is 18.2. The fraction of sp³-hybridized carbons (Fsp3) is 0.684. The molecule has 0 amide bonds. The van der Waals surface area contributed by atoms with Gasteiger partial charge in [0.15, 0.2) is 0 Å². The summed E-state index contributed by atoms with van der Waals surface area (Å²) in [7, 11) is 0. The Morgan fingerprint density at radius 3 is 2.29 bits per heavy atom. The van der Waals surface area contributed by atoms with E-state index in [1.54, 1.807) is 0 Å². The highest BCUT2D eigenvalue weighted by atomic mass is 16.5. The van der Waals surface area contributed by atoms with Crippen LogP contribution in [0.5, 0.6) is 0 Å². The lowest BCUT2D eigenvalue weighted by molar-refractivity contribution is 0.0901. The molecule has 1 aromatic rings. The van der Waals surface area contributed by atoms with E-state index >= 15 is 0 Å². The first-order chi connectivity index (χ1) is 9.96. The zero-order valence-electron chi connectivity index (χ0n) is 14.5. The van der Waals surface area contributed by atoms with Gasteiger partial charge < -0.3 is 10.1 Å². The highest BCUT2D eigenvalue weighted by molar-refractivity contribution is 5.25. The minimum Gasteiger partial charge on any atom is -0.379 e. The Labute approximate surface area is 131 Å². The summed E-state index contributed by atoms with van der Waals surface area (Å²) >= 11 is 0. The molecular formula is C19H33NO. The van der Waals surface area contributed by atoms with Crippen LogP contribution in [-0.4, -0.2) is 19.8 Å². The summed E-state index contributed by atoms with van der Waals surface area (Å²) in [6.45, 7) is 13.7. The average Bonchev–Trinajstić information content (AvgIpc) is 2.42. The van der Waals surface area contributed by atoms with Gasteiger partial charge in [-0.1, -0.05) is 65.3 Å². The van der Waals surface area contributed by atoms with Gasteiger partial charge in [-0.3, -0.25) is 0 Å². The Balaban J connectivity index is 2.51. The normalized spacial score (nSPS) is 13.4. The maximum absolute atomic E-state index is 5.89. The van der Waals surface area contributed by atoms with E-state index in [4.69, 9.17) is 4.74 Å². The SMILES string of the molecule is CCCc1ccc(C(COCCC(C)(C)C)NCC)cc1. The molecule has 2 nitrogen and oxygen atoms in total. The van der Waals surface area contributed by atoms with Gasteiger partial charge in [-0.25, -0.2) is 0 Å². The van der Waals surface area contributed by atoms with Crippen molar-refractivity contribution in [1.29, 1.82) is 0 Å². The lowest BCUT2D eigenvalue weighted by Gasteiger charge is -2.21. The predicted molar refractivity (Wildman–Crippen MR) is 91.7 cm³/mol. The Hall–Kier alpha value is -0.860. The number of hydrogen-bond donors (Lipinski definition) is 1. The van der Waals surface area contributed by atoms with E-state index in [2.05, 4.69) is 64.2 Å². The van der Waals surface area contributed by atoms with Crippen LogP contribution in [0, 0.1) is 5.41 Å². The summed E-state index contributed by atoms with van der Waals surface area (Å²) in [6.07, 6.45) is 3.46. The van der Waals surface area contributed by atoms with E-state index in [1.165, 1.54) is 17.5 Å². The van der Waals surface area contributed by atoms with Crippen molar-refractivity contribution in [2.24, 2.45) is 5.41 Å². The van der Waals surface area contributed by atoms with Gasteiger partial charge in [-0.15, -0.1) is 0 Å². The van der Waals surface area contributed by atoms with Gasteiger partial charge in [-0.05, 0) is 35.9 Å². The van der Waals surface area contributed by atoms with E-state index < -0.39 is 0 Å². The van der Waals surface area contributed by atoms with Gasteiger partial charge >= 0.3 is 0 Å². The molecule has 1 N–H and O–H groups in total. The topological polar surface area (TPSA) is 21.3 Å². The van der Waals surface area contributed by atoms with Crippen LogP contribution in [0.25, 0.3) is 0 Å². The molecule has 2 heteroatoms. The second-order valence-electron chi connectivity index (χ2n) is 6.99. The number of likely N-dealkylation sites (N-methyl/N-ethyl adjacent to an activating group) is 1. The number of benzene rings is 1. The summed E-state index contributed by atoms with van der Waals surface area (Å²) in [5.41, 5.74) is 3.09. The minimum absolute atomic E-state index is 0.297. The maximum atomic E-state index is 5.89. The molecule has 1 atom stereocenters. The highest BCUT2D eigenvalue weighted by Crippen LogP contribution is 2.19. The molecule has 0 bridgehead atoms. The standard InChI is InChI=1S/C19H33NO/c1-6-8-16-9-11-17(12-10-16)18(20-7-2)15-21-14-13-19(3,4)5/h9-12,18,20H,6-8,13-15H2,1-5H3. The van der Waals surface area contributed by atoms with Crippen LogP contribution in [0.15, 0.2) is 24.3 Å². The fourth-order valence-electron chi connectivity index (χ4n) is 2.30. The van der Waals surface area contributed by atoms with Gasteiger partial charge in [0.1, 0.15) is 0 Å². The molecule has 0 aliphatic rings. The van der Waals surface area contributed by atoms with Crippen molar-refractivity contribution in [3.05, 3.63) is 35.4 Å². The van der Waals surface area contributed by atoms with Gasteiger partial charge in [0.25, 0.3) is 0 Å². The number of hydrogen-bond acceptors (Lipinski definition) is 2. The Morgan fingerprint density at radius 1 is 1.10 bits per heavy atom. The number of nitrogens with one attached hydrogen (secondary N) is 1. The van der Waals surface area contributed by atoms with Gasteiger partial charge in [0.2, 0.25) is 0 Å². The third-order valence-corrected chi connectivity index (χ3v) is 3.65. The van der Waals surface area contributed by atoms with Crippen LogP contribution in [0.1, 0.15) is 64.6 Å². The highest BCUT2D eigenvalue weighted by Gasteiger charge is 2.13. The van der Waals surface area contributed by atoms with E-state index in [0.29, 0.717) is 11.5 Å². The van der Waals surface area contributed by atoms with Crippen molar-refractivity contribution in [3.8, 4) is 0 Å². The first-order valence-corrected chi connectivity index (χ1v) is 8.36. The van der Waals surface area contributed by atoms with Crippen LogP contribution < -0.4 is 5.32 Å². The summed E-state index contributed by atoms with van der Waals surface area (Å²) in [4.78, 5) is 0. The van der Waals surface area contributed by atoms with E-state index in [9.17, 15) is 0 Å². The van der Waals surface area contributed by atoms with Crippen molar-refractivity contribution in [2.75, 3.05) is 19.8 Å². The summed E-state index contributed by atoms with van der Waals surface area (Å²) in [6, 6.07) is 9.28. The molecule has 0 spiro atoms. The second kappa shape index (κ2) is 9.22. The van der Waals surface area contributed by atoms with Crippen molar-refractivity contribution in [2.45, 2.75) is 59.9 Å². The molecule has 0 saturated carbocycles. The molecule has 1 rings (SSSR count). The number of ether oxygens (including phenoxy) is 1. The lowest BCUT2D eigenvalue weighted by atomic mass is 9.93. The van der Waals surface area contributed by atoms with Crippen molar-refractivity contribution in [1.82, 2.24) is 5.32 Å². The summed E-state index contributed by atoms with van der Waals surface area (Å²) in [5, 5.41) is 3.52. The van der Waals surface area contributed by atoms with E-state index in [1.807, 2.05) is 0 Å². The molecule has 0 saturated heterocycles. The molecule has 0 aliphatic heterocycles. The minimum atomic E-state index is 0.297. The van der Waals surface area contributed by atoms with Crippen LogP contribution in [0.2, 0.25) is 0 Å².